The smallest absolute Gasteiger partial charge is 0.294 e. The number of aromatic nitrogens is 2. The predicted molar refractivity (Wildman–Crippen MR) is 131 cm³/mol. The molecule has 0 spiro atoms. The third kappa shape index (κ3) is 4.86. The number of hydrogen-bond donors (Lipinski definition) is 2. The van der Waals surface area contributed by atoms with Gasteiger partial charge in [-0.05, 0) is 63.3 Å². The monoisotopic (exact) mass is 495 g/mol. The molecule has 35 heavy (non-hydrogen) atoms. The Kier molecular flexibility index (Phi) is 6.42. The third-order valence-corrected chi connectivity index (χ3v) is 6.94. The molecular weight excluding hydrogens is 470 g/mol. The molecule has 2 N–H and O–H groups in total. The highest BCUT2D eigenvalue weighted by molar-refractivity contribution is 6.30. The van der Waals surface area contributed by atoms with Crippen LogP contribution >= 0.6 is 11.6 Å². The van der Waals surface area contributed by atoms with E-state index in [9.17, 15) is 14.4 Å². The second kappa shape index (κ2) is 9.65. The van der Waals surface area contributed by atoms with Crippen molar-refractivity contribution < 1.29 is 18.8 Å². The van der Waals surface area contributed by atoms with E-state index in [1.807, 2.05) is 11.8 Å². The zero-order valence-electron chi connectivity index (χ0n) is 19.3. The summed E-state index contributed by atoms with van der Waals surface area (Å²) in [5.41, 5.74) is 1.80. The van der Waals surface area contributed by atoms with Crippen LogP contribution < -0.4 is 10.6 Å². The summed E-state index contributed by atoms with van der Waals surface area (Å²) in [6.45, 7) is 2.64. The number of rotatable bonds is 5. The lowest BCUT2D eigenvalue weighted by Crippen LogP contribution is -2.40. The zero-order valence-corrected chi connectivity index (χ0v) is 20.1. The van der Waals surface area contributed by atoms with Crippen LogP contribution in [0.5, 0.6) is 0 Å². The van der Waals surface area contributed by atoms with Gasteiger partial charge in [0.05, 0.1) is 5.02 Å². The number of pyridine rings is 2. The van der Waals surface area contributed by atoms with Crippen molar-refractivity contribution in [3.8, 4) is 0 Å². The lowest BCUT2D eigenvalue weighted by molar-refractivity contribution is -0.130. The fraction of sp³-hybridized carbons (Fsp3) is 0.400. The first kappa shape index (κ1) is 23.3. The van der Waals surface area contributed by atoms with Gasteiger partial charge < -0.3 is 20.0 Å². The number of nitrogens with zero attached hydrogens (tertiary/aromatic N) is 3. The summed E-state index contributed by atoms with van der Waals surface area (Å²) < 4.78 is 5.81. The average Bonchev–Trinajstić information content (AvgIpc) is 3.44. The number of anilines is 2. The number of carbonyl (C=O) groups excluding carboxylic acids is 3. The highest BCUT2D eigenvalue weighted by Gasteiger charge is 2.34. The maximum atomic E-state index is 13.2. The van der Waals surface area contributed by atoms with Crippen molar-refractivity contribution in [1.29, 1.82) is 0 Å². The number of furan rings is 1. The molecule has 0 radical (unpaired) electrons. The van der Waals surface area contributed by atoms with Crippen LogP contribution in [0.2, 0.25) is 5.02 Å². The molecule has 9 nitrogen and oxygen atoms in total. The summed E-state index contributed by atoms with van der Waals surface area (Å²) >= 11 is 5.87. The Labute approximate surface area is 207 Å². The van der Waals surface area contributed by atoms with Crippen molar-refractivity contribution >= 4 is 51.9 Å². The fourth-order valence-corrected chi connectivity index (χ4v) is 5.01. The molecule has 0 unspecified atom stereocenters. The standard InChI is InChI=1S/C25H26ClN5O4/c1-14-4-10-18-21(28-14)22(23(35-18)25(34)29-19-11-7-16(26)13-27-19)30-24(33)15-5-8-17(9-6-15)31-12-2-3-20(31)32/h4,7,10-11,13,15,17H,2-3,5-6,8-9,12H2,1H3,(H,30,33)(H,27,29,34). The first-order chi connectivity index (χ1) is 16.9. The second-order valence-electron chi connectivity index (χ2n) is 9.11. The molecule has 182 valence electrons. The molecule has 5 rings (SSSR count). The molecule has 1 aliphatic heterocycles. The minimum atomic E-state index is -0.554. The molecule has 1 saturated carbocycles. The Hall–Kier alpha value is -3.46. The van der Waals surface area contributed by atoms with Gasteiger partial charge in [0.2, 0.25) is 17.6 Å². The van der Waals surface area contributed by atoms with Gasteiger partial charge in [-0.25, -0.2) is 9.97 Å². The molecule has 10 heteroatoms. The lowest BCUT2D eigenvalue weighted by Gasteiger charge is -2.34. The molecular formula is C25H26ClN5O4. The number of carbonyl (C=O) groups is 3. The fourth-order valence-electron chi connectivity index (χ4n) is 4.90. The van der Waals surface area contributed by atoms with Gasteiger partial charge >= 0.3 is 0 Å². The SMILES string of the molecule is Cc1ccc2oc(C(=O)Nc3ccc(Cl)cn3)c(NC(=O)C3CCC(N4CCCC4=O)CC3)c2n1. The van der Waals surface area contributed by atoms with Crippen LogP contribution in [0.1, 0.15) is 54.8 Å². The van der Waals surface area contributed by atoms with Gasteiger partial charge in [-0.15, -0.1) is 0 Å². The molecule has 0 atom stereocenters. The molecule has 1 aliphatic carbocycles. The topological polar surface area (TPSA) is 117 Å². The maximum absolute atomic E-state index is 13.2. The maximum Gasteiger partial charge on any atom is 0.294 e. The van der Waals surface area contributed by atoms with Gasteiger partial charge in [-0.3, -0.25) is 14.4 Å². The molecule has 2 aliphatic rings. The molecule has 3 aromatic heterocycles. The molecule has 2 fully saturated rings. The Balaban J connectivity index is 1.34. The normalized spacial score (nSPS) is 20.3. The van der Waals surface area contributed by atoms with Gasteiger partial charge in [0.25, 0.3) is 5.91 Å². The summed E-state index contributed by atoms with van der Waals surface area (Å²) in [4.78, 5) is 48.9. The van der Waals surface area contributed by atoms with Gasteiger partial charge in [-0.2, -0.15) is 0 Å². The van der Waals surface area contributed by atoms with Crippen LogP contribution in [0, 0.1) is 12.8 Å². The number of halogens is 1. The van der Waals surface area contributed by atoms with E-state index in [-0.39, 0.29) is 35.2 Å². The minimum absolute atomic E-state index is 0.0421. The summed E-state index contributed by atoms with van der Waals surface area (Å²) in [6, 6.07) is 6.90. The molecule has 0 aromatic carbocycles. The summed E-state index contributed by atoms with van der Waals surface area (Å²) in [5.74, 6) is -0.471. The van der Waals surface area contributed by atoms with Gasteiger partial charge in [0, 0.05) is 36.8 Å². The van der Waals surface area contributed by atoms with Crippen LogP contribution in [0.4, 0.5) is 11.5 Å². The van der Waals surface area contributed by atoms with E-state index >= 15 is 0 Å². The van der Waals surface area contributed by atoms with Crippen LogP contribution in [-0.4, -0.2) is 45.2 Å². The summed E-state index contributed by atoms with van der Waals surface area (Å²) in [7, 11) is 0. The van der Waals surface area contributed by atoms with Crippen molar-refractivity contribution in [3.63, 3.8) is 0 Å². The Morgan fingerprint density at radius 1 is 1.11 bits per heavy atom. The summed E-state index contributed by atoms with van der Waals surface area (Å²) in [6.07, 6.45) is 5.91. The van der Waals surface area contributed by atoms with Crippen LogP contribution in [0.15, 0.2) is 34.9 Å². The number of likely N-dealkylation sites (tertiary alicyclic amines) is 1. The second-order valence-corrected chi connectivity index (χ2v) is 9.54. The number of hydrogen-bond acceptors (Lipinski definition) is 6. The van der Waals surface area contributed by atoms with Crippen molar-refractivity contribution in [2.24, 2.45) is 5.92 Å². The van der Waals surface area contributed by atoms with E-state index in [1.54, 1.807) is 24.3 Å². The Morgan fingerprint density at radius 2 is 1.91 bits per heavy atom. The van der Waals surface area contributed by atoms with Crippen molar-refractivity contribution in [3.05, 3.63) is 46.9 Å². The molecule has 3 aromatic rings. The van der Waals surface area contributed by atoms with Gasteiger partial charge in [0.1, 0.15) is 17.0 Å². The lowest BCUT2D eigenvalue weighted by atomic mass is 9.84. The third-order valence-electron chi connectivity index (χ3n) is 6.72. The quantitative estimate of drug-likeness (QED) is 0.536. The molecule has 3 amide bonds. The molecule has 1 saturated heterocycles. The predicted octanol–water partition coefficient (Wildman–Crippen LogP) is 4.56. The van der Waals surface area contributed by atoms with E-state index < -0.39 is 5.91 Å². The summed E-state index contributed by atoms with van der Waals surface area (Å²) in [5, 5.41) is 6.05. The van der Waals surface area contributed by atoms with E-state index in [0.717, 1.165) is 31.5 Å². The zero-order chi connectivity index (χ0) is 24.5. The number of amides is 3. The first-order valence-electron chi connectivity index (χ1n) is 11.8. The Bertz CT molecular complexity index is 1280. The van der Waals surface area contributed by atoms with Gasteiger partial charge in [-0.1, -0.05) is 11.6 Å². The number of nitrogens with one attached hydrogen (secondary N) is 2. The van der Waals surface area contributed by atoms with E-state index in [0.29, 0.717) is 41.2 Å². The van der Waals surface area contributed by atoms with Gasteiger partial charge in [0.15, 0.2) is 5.58 Å². The van der Waals surface area contributed by atoms with Crippen LogP contribution in [0.25, 0.3) is 11.1 Å². The first-order valence-corrected chi connectivity index (χ1v) is 12.2. The van der Waals surface area contributed by atoms with Crippen molar-refractivity contribution in [2.75, 3.05) is 17.2 Å². The Morgan fingerprint density at radius 3 is 2.60 bits per heavy atom. The van der Waals surface area contributed by atoms with Crippen LogP contribution in [-0.2, 0) is 9.59 Å². The largest absolute Gasteiger partial charge is 0.447 e. The molecule has 4 heterocycles. The molecule has 0 bridgehead atoms. The minimum Gasteiger partial charge on any atom is -0.447 e. The van der Waals surface area contributed by atoms with Crippen molar-refractivity contribution in [1.82, 2.24) is 14.9 Å². The van der Waals surface area contributed by atoms with Crippen LogP contribution in [0.3, 0.4) is 0 Å². The van der Waals surface area contributed by atoms with E-state index in [4.69, 9.17) is 16.0 Å². The van der Waals surface area contributed by atoms with E-state index in [2.05, 4.69) is 20.6 Å². The number of fused-ring (bicyclic) bond motifs is 1. The average molecular weight is 496 g/mol. The van der Waals surface area contributed by atoms with Crippen molar-refractivity contribution in [2.45, 2.75) is 51.5 Å². The highest BCUT2D eigenvalue weighted by atomic mass is 35.5. The highest BCUT2D eigenvalue weighted by Crippen LogP contribution is 2.34. The number of aryl methyl sites for hydroxylation is 1. The van der Waals surface area contributed by atoms with E-state index in [1.165, 1.54) is 6.20 Å².